The lowest BCUT2D eigenvalue weighted by Crippen LogP contribution is -2.66. The summed E-state index contributed by atoms with van der Waals surface area (Å²) < 4.78 is 80.0. The molecule has 0 aromatic rings. The molecule has 0 saturated carbocycles. The molecule has 9 saturated heterocycles. The Labute approximate surface area is 574 Å². The summed E-state index contributed by atoms with van der Waals surface area (Å²) in [5.74, 6) is -7.08. The average Bonchev–Trinajstić information content (AvgIpc) is 1.55. The van der Waals surface area contributed by atoms with Gasteiger partial charge < -0.3 is 240 Å². The SMILES string of the molecule is OC[C@H]1OC(OC[C@H]2OC(O[C@]3(CO)O[C@H](CO)[C@@H](O)[C@@H]3O)[C@H](O)[C@@H](O)[C@@H]2O)[C@H](O)[C@@H](O)[C@H]1O.OC[C@H]1O[C@@](CO)(O[C@H]2O[C@H](CO)[C@@H](O)[C@H](O)[C@H]2O)[C@@H](O)[C@@H]1O.OC[C@H]1O[C@H](OC[C@H]2O[C@H](O[C@H]3[C@@H](O[C@]4(CO)O[C@H](CO)[C@@H](O)[C@@H]4O)O[C@H](CO)[C@@H](O)[C@@H]3O)[C@H](O)[C@@H](O)[C@H]2O)[C@H](O)[C@@H](O)[C@H]1O. The smallest absolute Gasteiger partial charge is 0.224 e. The van der Waals surface area contributed by atoms with Gasteiger partial charge in [-0.05, 0) is 0 Å². The molecule has 9 heterocycles. The van der Waals surface area contributed by atoms with Crippen molar-refractivity contribution in [2.45, 2.75) is 257 Å². The highest BCUT2D eigenvalue weighted by Gasteiger charge is 2.63. The first-order valence-electron chi connectivity index (χ1n) is 31.7. The first-order valence-corrected chi connectivity index (χ1v) is 31.7. The van der Waals surface area contributed by atoms with Gasteiger partial charge in [0.15, 0.2) is 37.7 Å². The molecule has 42 atom stereocenters. The molecule has 0 amide bonds. The van der Waals surface area contributed by atoms with Crippen LogP contribution >= 0.6 is 0 Å². The Morgan fingerprint density at radius 1 is 0.216 bits per heavy atom. The first kappa shape index (κ1) is 87.3. The van der Waals surface area contributed by atoms with Crippen LogP contribution in [0, 0.1) is 0 Å². The zero-order chi connectivity index (χ0) is 76.1. The molecule has 600 valence electrons. The lowest BCUT2D eigenvalue weighted by molar-refractivity contribution is -0.409. The number of rotatable bonds is 24. The van der Waals surface area contributed by atoms with Crippen LogP contribution < -0.4 is 0 Å². The van der Waals surface area contributed by atoms with E-state index in [1.54, 1.807) is 0 Å². The fourth-order valence-corrected chi connectivity index (χ4v) is 12.1. The summed E-state index contributed by atoms with van der Waals surface area (Å²) in [7, 11) is 0. The molecule has 0 radical (unpaired) electrons. The maximum Gasteiger partial charge on any atom is 0.224 e. The Balaban J connectivity index is 0.000000226. The predicted molar refractivity (Wildman–Crippen MR) is 304 cm³/mol. The Kier molecular flexibility index (Phi) is 31.8. The van der Waals surface area contributed by atoms with E-state index in [1.807, 2.05) is 0 Å². The van der Waals surface area contributed by atoms with Crippen LogP contribution in [0.3, 0.4) is 0 Å². The van der Waals surface area contributed by atoms with Crippen LogP contribution in [-0.4, -0.2) is 504 Å². The molecule has 9 aliphatic heterocycles. The Hall–Kier alpha value is -1.92. The van der Waals surface area contributed by atoms with Gasteiger partial charge in [0.2, 0.25) is 17.4 Å². The van der Waals surface area contributed by atoms with Gasteiger partial charge in [-0.2, -0.15) is 0 Å². The molecule has 9 fully saturated rings. The van der Waals surface area contributed by atoms with Crippen LogP contribution in [0.5, 0.6) is 0 Å². The van der Waals surface area contributed by atoms with Gasteiger partial charge in [-0.3, -0.25) is 0 Å². The largest absolute Gasteiger partial charge is 0.394 e. The van der Waals surface area contributed by atoms with Crippen LogP contribution in [0.2, 0.25) is 0 Å². The second kappa shape index (κ2) is 37.2. The zero-order valence-corrected chi connectivity index (χ0v) is 53.4. The zero-order valence-electron chi connectivity index (χ0n) is 53.4. The van der Waals surface area contributed by atoms with E-state index in [4.69, 9.17) is 81.3 Å². The Morgan fingerprint density at radius 3 is 0.725 bits per heavy atom. The number of hydrogen-bond acceptors (Lipinski definition) is 48. The molecule has 102 heavy (non-hydrogen) atoms. The Bertz CT molecular complexity index is 2470. The molecule has 9 rings (SSSR count). The summed E-state index contributed by atoms with van der Waals surface area (Å²) >= 11 is 0. The van der Waals surface area contributed by atoms with Gasteiger partial charge in [-0.1, -0.05) is 0 Å². The topological polar surface area (TPSA) is 806 Å². The van der Waals surface area contributed by atoms with Crippen molar-refractivity contribution in [3.05, 3.63) is 0 Å². The van der Waals surface area contributed by atoms with Gasteiger partial charge in [0, 0.05) is 0 Å². The molecule has 9 aliphatic rings. The molecule has 48 nitrogen and oxygen atoms in total. The van der Waals surface area contributed by atoms with Crippen molar-refractivity contribution < 1.29 is 240 Å². The fourth-order valence-electron chi connectivity index (χ4n) is 12.1. The van der Waals surface area contributed by atoms with E-state index >= 15 is 0 Å². The molecule has 2 unspecified atom stereocenters. The highest BCUT2D eigenvalue weighted by molar-refractivity contribution is 5.03. The lowest BCUT2D eigenvalue weighted by Gasteiger charge is -2.47. The van der Waals surface area contributed by atoms with E-state index < -0.39 is 336 Å². The molecule has 0 aromatic carbocycles. The number of aliphatic hydroxyl groups excluding tert-OH is 33. The minimum Gasteiger partial charge on any atom is -0.394 e. The van der Waals surface area contributed by atoms with E-state index in [-0.39, 0.29) is 0 Å². The van der Waals surface area contributed by atoms with Crippen molar-refractivity contribution in [3.63, 3.8) is 0 Å². The van der Waals surface area contributed by atoms with E-state index in [0.717, 1.165) is 0 Å². The third kappa shape index (κ3) is 17.9. The number of ether oxygens (including phenoxy) is 15. The quantitative estimate of drug-likeness (QED) is 0.0427. The second-order valence-electron chi connectivity index (χ2n) is 25.2. The summed E-state index contributed by atoms with van der Waals surface area (Å²) in [6.45, 7) is -9.79. The Morgan fingerprint density at radius 2 is 0.441 bits per heavy atom. The third-order valence-corrected chi connectivity index (χ3v) is 18.5. The summed E-state index contributed by atoms with van der Waals surface area (Å²) in [5, 5.41) is 328. The molecule has 0 aliphatic carbocycles. The van der Waals surface area contributed by atoms with E-state index in [1.165, 1.54) is 0 Å². The second-order valence-corrected chi connectivity index (χ2v) is 25.2. The maximum atomic E-state index is 10.9. The van der Waals surface area contributed by atoms with Crippen LogP contribution in [0.4, 0.5) is 0 Å². The van der Waals surface area contributed by atoms with Crippen molar-refractivity contribution in [2.24, 2.45) is 0 Å². The first-order chi connectivity index (χ1) is 48.1. The average molecular weight is 1510 g/mol. The lowest BCUT2D eigenvalue weighted by atomic mass is 9.97. The molecule has 0 aromatic heterocycles. The van der Waals surface area contributed by atoms with Crippen LogP contribution in [0.25, 0.3) is 0 Å². The molecule has 33 N–H and O–H groups in total. The van der Waals surface area contributed by atoms with Gasteiger partial charge in [0.1, 0.15) is 221 Å². The summed E-state index contributed by atoms with van der Waals surface area (Å²) in [4.78, 5) is 0. The minimum atomic E-state index is -2.50. The molecule has 48 heteroatoms. The van der Waals surface area contributed by atoms with Gasteiger partial charge >= 0.3 is 0 Å². The van der Waals surface area contributed by atoms with Gasteiger partial charge in [-0.25, -0.2) is 0 Å². The molecular weight excluding hydrogens is 1420 g/mol. The van der Waals surface area contributed by atoms with Gasteiger partial charge in [0.05, 0.1) is 59.5 Å². The number of aliphatic hydroxyl groups is 33. The highest BCUT2D eigenvalue weighted by Crippen LogP contribution is 2.41. The van der Waals surface area contributed by atoms with Crippen molar-refractivity contribution in [1.29, 1.82) is 0 Å². The van der Waals surface area contributed by atoms with Crippen molar-refractivity contribution in [3.8, 4) is 0 Å². The molecular formula is C54H96O48. The summed E-state index contributed by atoms with van der Waals surface area (Å²) in [5.41, 5.74) is 0. The van der Waals surface area contributed by atoms with Gasteiger partial charge in [-0.15, -0.1) is 0 Å². The van der Waals surface area contributed by atoms with Crippen molar-refractivity contribution >= 4 is 0 Å². The third-order valence-electron chi connectivity index (χ3n) is 18.5. The highest BCUT2D eigenvalue weighted by atomic mass is 16.8. The summed E-state index contributed by atoms with van der Waals surface area (Å²) in [6, 6.07) is 0. The monoisotopic (exact) mass is 1510 g/mol. The van der Waals surface area contributed by atoms with Crippen LogP contribution in [-0.2, 0) is 71.1 Å². The molecule has 0 spiro atoms. The van der Waals surface area contributed by atoms with Crippen molar-refractivity contribution in [2.75, 3.05) is 79.3 Å². The minimum absolute atomic E-state index is 0.634. The number of hydrogen-bond donors (Lipinski definition) is 33. The van der Waals surface area contributed by atoms with Crippen LogP contribution in [0.1, 0.15) is 0 Å². The summed E-state index contributed by atoms with van der Waals surface area (Å²) in [6.07, 6.45) is -66.7. The van der Waals surface area contributed by atoms with Crippen LogP contribution in [0.15, 0.2) is 0 Å². The normalized spacial score (nSPS) is 52.1. The van der Waals surface area contributed by atoms with Crippen molar-refractivity contribution in [1.82, 2.24) is 0 Å². The standard InChI is InChI=1S/C24H42O21.C18H32O16.C12H22O11/c25-1-6-10(29)14(33)17(36)21(40-6)39-4-9-12(31)15(34)18(37)22(42-9)43-19-16(35)11(30)7(2-26)41-23(19)45-24(5-28)20(38)13(32)8(3-27)44-24;19-1-5-8(22)11(25)13(27)16(31-5)30-3-7-9(23)12(26)14(28)17(32-7)34-18(4-21)15(29)10(24)6(2-20)33-18;13-1-4-6(16)8(18)9(19)11(21-4)23-12(3-15)10(20)7(17)5(2-14)22-12/h6-23,25-38H,1-5H2;5-17,19-29H,1-4H2;4-11,13-20H,1-3H2/t6-,7-,8-,9-,10+,11-,12+,13-,14+,15+,16+,17-,18-,19-,20+,21+,22-,23-,24+;5-,6-,7-,8+,9-,10-,11+,12+,13-,14-,15+,16?,17?,18+;4-,5-,6-,7-,8+,9-,10+,11-,12+/m111/s1. The van der Waals surface area contributed by atoms with E-state index in [2.05, 4.69) is 0 Å². The predicted octanol–water partition coefficient (Wildman–Crippen LogP) is -22.7. The molecule has 0 bridgehead atoms. The van der Waals surface area contributed by atoms with E-state index in [9.17, 15) is 158 Å². The fraction of sp³-hybridized carbons (Fsp3) is 1.00. The maximum absolute atomic E-state index is 10.9. The van der Waals surface area contributed by atoms with Gasteiger partial charge in [0.25, 0.3) is 0 Å². The van der Waals surface area contributed by atoms with E-state index in [0.29, 0.717) is 0 Å².